The molecule has 1 nitrogen and oxygen atoms in total. The minimum atomic E-state index is -0.530. The monoisotopic (exact) mass is 410 g/mol. The molecular weight excluding hydrogens is 385 g/mol. The second-order valence-electron chi connectivity index (χ2n) is 7.73. The summed E-state index contributed by atoms with van der Waals surface area (Å²) in [6.07, 6.45) is 13.1. The predicted molar refractivity (Wildman–Crippen MR) is 96.5 cm³/mol. The maximum Gasteiger partial charge on any atom is 1.00 e. The molecule has 0 spiro atoms. The van der Waals surface area contributed by atoms with E-state index >= 15 is 0 Å². The van der Waals surface area contributed by atoms with Crippen molar-refractivity contribution in [1.82, 2.24) is 0 Å². The average Bonchev–Trinajstić information content (AvgIpc) is 2.63. The van der Waals surface area contributed by atoms with Gasteiger partial charge in [-0.05, 0) is 71.9 Å². The zero-order chi connectivity index (χ0) is 16.5. The standard InChI is InChI=1S/C22H26FO.Rb/c23-21-13-20-12-18(10-11-19(20)14-22(21)24)17-8-6-16(7-9-17)15-4-2-1-3-5-15;/h1,10-17,24H,2-9H2;/q-1;+1. The van der Waals surface area contributed by atoms with E-state index in [-0.39, 0.29) is 63.9 Å². The molecule has 0 aromatic heterocycles. The van der Waals surface area contributed by atoms with Crippen molar-refractivity contribution in [3.05, 3.63) is 48.1 Å². The van der Waals surface area contributed by atoms with E-state index in [0.717, 1.165) is 22.6 Å². The van der Waals surface area contributed by atoms with Crippen molar-refractivity contribution >= 4 is 10.8 Å². The van der Waals surface area contributed by atoms with Crippen LogP contribution in [-0.2, 0) is 0 Å². The van der Waals surface area contributed by atoms with E-state index in [1.54, 1.807) is 0 Å². The molecule has 0 heterocycles. The van der Waals surface area contributed by atoms with Gasteiger partial charge in [0.15, 0.2) is 11.6 Å². The van der Waals surface area contributed by atoms with E-state index in [4.69, 9.17) is 0 Å². The van der Waals surface area contributed by atoms with Gasteiger partial charge in [0.05, 0.1) is 0 Å². The van der Waals surface area contributed by atoms with Crippen LogP contribution in [0.4, 0.5) is 4.39 Å². The van der Waals surface area contributed by atoms with Gasteiger partial charge in [0.1, 0.15) is 0 Å². The summed E-state index contributed by atoms with van der Waals surface area (Å²) in [6, 6.07) is 9.29. The van der Waals surface area contributed by atoms with Crippen molar-refractivity contribution in [1.29, 1.82) is 0 Å². The third-order valence-electron chi connectivity index (χ3n) is 6.32. The van der Waals surface area contributed by atoms with E-state index in [0.29, 0.717) is 5.92 Å². The quantitative estimate of drug-likeness (QED) is 0.753. The van der Waals surface area contributed by atoms with Crippen molar-refractivity contribution in [3.63, 3.8) is 0 Å². The summed E-state index contributed by atoms with van der Waals surface area (Å²) in [7, 11) is 0. The molecule has 0 amide bonds. The first-order valence-electron chi connectivity index (χ1n) is 9.44. The molecule has 0 atom stereocenters. The van der Waals surface area contributed by atoms with E-state index in [1.807, 2.05) is 6.07 Å². The average molecular weight is 411 g/mol. The van der Waals surface area contributed by atoms with Crippen molar-refractivity contribution in [2.75, 3.05) is 0 Å². The molecule has 2 aromatic carbocycles. The van der Waals surface area contributed by atoms with Gasteiger partial charge in [-0.2, -0.15) is 12.8 Å². The smallest absolute Gasteiger partial charge is 0.505 e. The van der Waals surface area contributed by atoms with Crippen LogP contribution in [0.3, 0.4) is 0 Å². The SMILES string of the molecule is Oc1cc2ccc(C3CCC(C4CC[CH-]CC4)CC3)cc2cc1F.[Rb+]. The molecule has 0 radical (unpaired) electrons. The van der Waals surface area contributed by atoms with Crippen LogP contribution in [0.1, 0.15) is 62.8 Å². The summed E-state index contributed by atoms with van der Waals surface area (Å²) in [5.41, 5.74) is 1.34. The number of aromatic hydroxyl groups is 1. The fourth-order valence-corrected chi connectivity index (χ4v) is 4.88. The first-order chi connectivity index (χ1) is 11.7. The molecule has 25 heavy (non-hydrogen) atoms. The molecule has 0 bridgehead atoms. The summed E-state index contributed by atoms with van der Waals surface area (Å²) in [5, 5.41) is 11.3. The number of hydrogen-bond acceptors (Lipinski definition) is 1. The Morgan fingerprint density at radius 2 is 1.52 bits per heavy atom. The first kappa shape index (κ1) is 20.0. The Balaban J connectivity index is 0.00000182. The van der Waals surface area contributed by atoms with E-state index < -0.39 is 5.82 Å². The molecule has 2 aliphatic rings. The minimum Gasteiger partial charge on any atom is -0.505 e. The number of hydrogen-bond donors (Lipinski definition) is 1. The van der Waals surface area contributed by atoms with Crippen molar-refractivity contribution in [3.8, 4) is 5.75 Å². The molecule has 0 saturated heterocycles. The summed E-state index contributed by atoms with van der Waals surface area (Å²) >= 11 is 0. The number of fused-ring (bicyclic) bond motifs is 1. The summed E-state index contributed by atoms with van der Waals surface area (Å²) in [6.45, 7) is 0. The Bertz CT molecular complexity index is 715. The van der Waals surface area contributed by atoms with Gasteiger partial charge in [-0.25, -0.2) is 4.39 Å². The Morgan fingerprint density at radius 3 is 2.24 bits per heavy atom. The van der Waals surface area contributed by atoms with E-state index in [2.05, 4.69) is 18.6 Å². The maximum atomic E-state index is 13.6. The molecular formula is C22H26FORb. The van der Waals surface area contributed by atoms with E-state index in [1.165, 1.54) is 69.1 Å². The van der Waals surface area contributed by atoms with Crippen LogP contribution in [0.25, 0.3) is 10.8 Å². The fraction of sp³-hybridized carbons (Fsp3) is 0.500. The molecule has 2 fully saturated rings. The molecule has 3 heteroatoms. The second kappa shape index (κ2) is 8.95. The van der Waals surface area contributed by atoms with Gasteiger partial charge in [-0.15, -0.1) is 0 Å². The molecule has 2 aromatic rings. The van der Waals surface area contributed by atoms with Gasteiger partial charge in [-0.1, -0.05) is 31.0 Å². The van der Waals surface area contributed by atoms with Gasteiger partial charge in [0.2, 0.25) is 0 Å². The molecule has 2 saturated carbocycles. The molecule has 0 unspecified atom stereocenters. The molecule has 2 aliphatic carbocycles. The van der Waals surface area contributed by atoms with Crippen LogP contribution in [-0.4, -0.2) is 5.11 Å². The topological polar surface area (TPSA) is 20.2 Å². The molecule has 128 valence electrons. The number of benzene rings is 2. The second-order valence-corrected chi connectivity index (χ2v) is 7.73. The van der Waals surface area contributed by atoms with Gasteiger partial charge in [-0.3, -0.25) is 0 Å². The largest absolute Gasteiger partial charge is 1.00 e. The van der Waals surface area contributed by atoms with Gasteiger partial charge in [0, 0.05) is 0 Å². The number of phenolic OH excluding ortho intramolecular Hbond substituents is 1. The van der Waals surface area contributed by atoms with Crippen LogP contribution >= 0.6 is 0 Å². The van der Waals surface area contributed by atoms with Crippen LogP contribution in [0, 0.1) is 24.1 Å². The van der Waals surface area contributed by atoms with Crippen LogP contribution in [0.5, 0.6) is 5.75 Å². The normalized spacial score (nSPS) is 24.8. The predicted octanol–water partition coefficient (Wildman–Crippen LogP) is 3.36. The molecule has 0 aliphatic heterocycles. The van der Waals surface area contributed by atoms with Crippen molar-refractivity contribution in [2.24, 2.45) is 11.8 Å². The summed E-state index contributed by atoms with van der Waals surface area (Å²) < 4.78 is 13.6. The Kier molecular flexibility index (Phi) is 7.15. The number of rotatable bonds is 2. The zero-order valence-electron chi connectivity index (χ0n) is 15.2. The Labute approximate surface area is 199 Å². The van der Waals surface area contributed by atoms with Crippen molar-refractivity contribution in [2.45, 2.75) is 57.3 Å². The van der Waals surface area contributed by atoms with Gasteiger partial charge < -0.3 is 11.5 Å². The zero-order valence-corrected chi connectivity index (χ0v) is 20.1. The Hall–Kier alpha value is 0.235. The number of halogens is 1. The van der Waals surface area contributed by atoms with Crippen LogP contribution in [0.15, 0.2) is 30.3 Å². The third-order valence-corrected chi connectivity index (χ3v) is 6.32. The van der Waals surface area contributed by atoms with Gasteiger partial charge in [0.25, 0.3) is 0 Å². The van der Waals surface area contributed by atoms with E-state index in [9.17, 15) is 9.50 Å². The first-order valence-corrected chi connectivity index (χ1v) is 9.44. The van der Waals surface area contributed by atoms with Gasteiger partial charge >= 0.3 is 58.2 Å². The minimum absolute atomic E-state index is 0. The maximum absolute atomic E-state index is 13.6. The van der Waals surface area contributed by atoms with Crippen LogP contribution in [0.2, 0.25) is 0 Å². The molecule has 1 N–H and O–H groups in total. The summed E-state index contributed by atoms with van der Waals surface area (Å²) in [4.78, 5) is 0. The molecule has 4 rings (SSSR count). The Morgan fingerprint density at radius 1 is 0.840 bits per heavy atom. The van der Waals surface area contributed by atoms with Crippen LogP contribution < -0.4 is 58.2 Å². The fourth-order valence-electron chi connectivity index (χ4n) is 4.88. The summed E-state index contributed by atoms with van der Waals surface area (Å²) in [5.74, 6) is 1.69. The number of phenols is 1. The third kappa shape index (κ3) is 4.56. The van der Waals surface area contributed by atoms with Crippen molar-refractivity contribution < 1.29 is 67.7 Å².